The first kappa shape index (κ1) is 60.7. The Morgan fingerprint density at radius 1 is 0.576 bits per heavy atom. The molecule has 17 nitrogen and oxygen atoms in total. The predicted octanol–water partition coefficient (Wildman–Crippen LogP) is 11.3. The lowest BCUT2D eigenvalue weighted by Crippen LogP contribution is -2.77. The van der Waals surface area contributed by atoms with Crippen LogP contribution >= 0.6 is 34.8 Å². The van der Waals surface area contributed by atoms with E-state index in [1.807, 2.05) is 51.1 Å². The fraction of sp³-hybridized carbons (Fsp3) is 0.292. The lowest BCUT2D eigenvalue weighted by molar-refractivity contribution is -0.229. The number of furan rings is 3. The van der Waals surface area contributed by atoms with E-state index in [2.05, 4.69) is 22.0 Å². The molecule has 20 heteroatoms. The summed E-state index contributed by atoms with van der Waals surface area (Å²) in [5.41, 5.74) is 17.8. The number of ether oxygens (including phenoxy) is 3. The number of nitrogens with zero attached hydrogens (tertiary/aromatic N) is 2. The van der Waals surface area contributed by atoms with Gasteiger partial charge in [0.15, 0.2) is 0 Å². The Hall–Kier alpha value is -7.41. The Bertz CT molecular complexity index is 4070. The van der Waals surface area contributed by atoms with Crippen molar-refractivity contribution in [2.75, 3.05) is 33.0 Å². The molecule has 4 aromatic heterocycles. The van der Waals surface area contributed by atoms with Crippen LogP contribution in [0.1, 0.15) is 85.6 Å². The van der Waals surface area contributed by atoms with Crippen molar-refractivity contribution in [2.45, 2.75) is 87.8 Å². The Labute approximate surface area is 504 Å². The molecule has 85 heavy (non-hydrogen) atoms. The summed E-state index contributed by atoms with van der Waals surface area (Å²) in [5.74, 6) is 7.72. The van der Waals surface area contributed by atoms with Gasteiger partial charge < -0.3 is 74.7 Å². The zero-order valence-electron chi connectivity index (χ0n) is 46.8. The van der Waals surface area contributed by atoms with E-state index in [0.29, 0.717) is 109 Å². The van der Waals surface area contributed by atoms with Gasteiger partial charge in [-0.15, -0.1) is 0 Å². The van der Waals surface area contributed by atoms with Crippen LogP contribution in [0.4, 0.5) is 0 Å². The number of hydrogen-bond acceptors (Lipinski definition) is 17. The minimum absolute atomic E-state index is 0.0925. The summed E-state index contributed by atoms with van der Waals surface area (Å²) in [5, 5.41) is 69.3. The molecule has 10 rings (SSSR count). The third-order valence-electron chi connectivity index (χ3n) is 15.0. The lowest BCUT2D eigenvalue weighted by atomic mass is 9.64. The molecular formula is C65H64Cl3N5O12. The van der Waals surface area contributed by atoms with E-state index in [9.17, 15) is 25.5 Å². The van der Waals surface area contributed by atoms with Gasteiger partial charge in [0.2, 0.25) is 5.82 Å². The van der Waals surface area contributed by atoms with Crippen molar-refractivity contribution in [3.05, 3.63) is 182 Å². The predicted molar refractivity (Wildman–Crippen MR) is 326 cm³/mol. The summed E-state index contributed by atoms with van der Waals surface area (Å²) in [4.78, 5) is 4.60. The summed E-state index contributed by atoms with van der Waals surface area (Å²) in [6.45, 7) is 5.29. The van der Waals surface area contributed by atoms with E-state index in [1.165, 1.54) is 18.2 Å². The zero-order chi connectivity index (χ0) is 60.2. The van der Waals surface area contributed by atoms with Gasteiger partial charge in [0, 0.05) is 38.4 Å². The molecule has 0 bridgehead atoms. The topological polar surface area (TPSA) is 285 Å². The molecule has 10 aromatic rings. The average molecular weight is 1210 g/mol. The van der Waals surface area contributed by atoms with Crippen molar-refractivity contribution in [3.8, 4) is 51.9 Å². The van der Waals surface area contributed by atoms with Crippen LogP contribution in [0.25, 0.3) is 55.7 Å². The van der Waals surface area contributed by atoms with Crippen molar-refractivity contribution in [2.24, 2.45) is 17.2 Å². The van der Waals surface area contributed by atoms with Crippen molar-refractivity contribution < 1.29 is 57.5 Å². The highest BCUT2D eigenvalue weighted by Gasteiger charge is 2.66. The SMILES string of the molecule is CCCOc1ccc(C#Cc2ccc3oc(C(N)(CO)C(O)C(O)(C(O)C(N)c4cc5cc(-c6noc(-c7ccc(OCCC)c(Cl)c7)n6)ccc5o4)C(N)(CO)c4cc5cc(CCc6ccc(OCCC)c(Cl)c6)ccc5o4)cc3c2)cc1Cl. The van der Waals surface area contributed by atoms with Crippen LogP contribution in [0.2, 0.25) is 15.1 Å². The first-order valence-electron chi connectivity index (χ1n) is 27.8. The van der Waals surface area contributed by atoms with Gasteiger partial charge in [0.05, 0.1) is 54.1 Å². The molecule has 0 saturated heterocycles. The maximum atomic E-state index is 13.6. The summed E-state index contributed by atoms with van der Waals surface area (Å²) in [7, 11) is 0. The van der Waals surface area contributed by atoms with Gasteiger partial charge in [0.1, 0.15) is 80.2 Å². The molecule has 0 saturated carbocycles. The minimum Gasteiger partial charge on any atom is -0.492 e. The fourth-order valence-corrected chi connectivity index (χ4v) is 10.9. The zero-order valence-corrected chi connectivity index (χ0v) is 49.0. The Morgan fingerprint density at radius 3 is 1.73 bits per heavy atom. The summed E-state index contributed by atoms with van der Waals surface area (Å²) < 4.78 is 41.6. The monoisotopic (exact) mass is 1210 g/mol. The van der Waals surface area contributed by atoms with Crippen LogP contribution in [0, 0.1) is 11.8 Å². The summed E-state index contributed by atoms with van der Waals surface area (Å²) in [6, 6.07) is 34.3. The quantitative estimate of drug-likeness (QED) is 0.0261. The fourth-order valence-electron chi connectivity index (χ4n) is 10.2. The molecule has 11 N–H and O–H groups in total. The minimum atomic E-state index is -3.25. The van der Waals surface area contributed by atoms with E-state index in [0.717, 1.165) is 30.4 Å². The molecule has 0 aliphatic rings. The molecule has 0 aliphatic heterocycles. The molecule has 6 atom stereocenters. The number of benzene rings is 6. The number of fused-ring (bicyclic) bond motifs is 3. The summed E-state index contributed by atoms with van der Waals surface area (Å²) in [6.07, 6.45) is -1.22. The largest absolute Gasteiger partial charge is 0.492 e. The molecule has 4 heterocycles. The van der Waals surface area contributed by atoms with E-state index < -0.39 is 48.1 Å². The molecule has 6 aromatic carbocycles. The average Bonchev–Trinajstić information content (AvgIpc) is 2.70. The number of rotatable bonds is 24. The van der Waals surface area contributed by atoms with Crippen molar-refractivity contribution in [1.82, 2.24) is 10.1 Å². The van der Waals surface area contributed by atoms with Crippen LogP contribution in [0.3, 0.4) is 0 Å². The molecule has 442 valence electrons. The van der Waals surface area contributed by atoms with Crippen LogP contribution in [0.5, 0.6) is 17.2 Å². The van der Waals surface area contributed by atoms with E-state index in [1.54, 1.807) is 78.9 Å². The highest BCUT2D eigenvalue weighted by Crippen LogP contribution is 2.47. The van der Waals surface area contributed by atoms with Crippen LogP contribution in [0.15, 0.2) is 145 Å². The highest BCUT2D eigenvalue weighted by molar-refractivity contribution is 6.32. The van der Waals surface area contributed by atoms with Gasteiger partial charge in [-0.3, -0.25) is 0 Å². The standard InChI is InChI=1S/C65H64Cl3N5O12/c1-4-23-79-52-19-13-39(28-46(52)66)9-7-37-11-17-50-43(26-37)33-56(83-50)63(70,35-74)62(77)65(78,64(71,36-75)57-34-44-27-38(12-18-51(44)84-57)8-10-40-14-20-53(47(67)29-40)80-24-5-2)59(76)58(69)55-32-45-30-41(15-21-49(45)82-55)60-72-61(85-73-60)42-16-22-54(48(68)31-42)81-25-6-3/h11-22,26-34,58-59,62,74-78H,4-6,8,10,23-25,35-36,69-71H2,1-3H3. The normalized spacial score (nSPS) is 15.0. The van der Waals surface area contributed by atoms with Gasteiger partial charge in [-0.1, -0.05) is 84.7 Å². The first-order chi connectivity index (χ1) is 40.9. The van der Waals surface area contributed by atoms with Gasteiger partial charge >= 0.3 is 0 Å². The van der Waals surface area contributed by atoms with Crippen molar-refractivity contribution in [3.63, 3.8) is 0 Å². The second kappa shape index (κ2) is 25.7. The Kier molecular flexibility index (Phi) is 18.3. The molecule has 6 unspecified atom stereocenters. The van der Waals surface area contributed by atoms with Crippen molar-refractivity contribution in [1.29, 1.82) is 0 Å². The van der Waals surface area contributed by atoms with Gasteiger partial charge in [-0.2, -0.15) is 4.98 Å². The van der Waals surface area contributed by atoms with Crippen LogP contribution in [-0.4, -0.2) is 86.5 Å². The maximum absolute atomic E-state index is 13.6. The smallest absolute Gasteiger partial charge is 0.258 e. The number of aryl methyl sites for hydroxylation is 2. The first-order valence-corrected chi connectivity index (χ1v) is 28.9. The third-order valence-corrected chi connectivity index (χ3v) is 15.9. The van der Waals surface area contributed by atoms with Gasteiger partial charge in [0.25, 0.3) is 5.89 Å². The maximum Gasteiger partial charge on any atom is 0.258 e. The highest BCUT2D eigenvalue weighted by atomic mass is 35.5. The van der Waals surface area contributed by atoms with Crippen LogP contribution < -0.4 is 31.4 Å². The molecule has 0 radical (unpaired) electrons. The molecular weight excluding hydrogens is 1150 g/mol. The van der Waals surface area contributed by atoms with E-state index in [4.69, 9.17) is 84.0 Å². The van der Waals surface area contributed by atoms with Crippen LogP contribution in [-0.2, 0) is 23.9 Å². The number of hydrogen-bond donors (Lipinski definition) is 8. The Balaban J connectivity index is 0.989. The molecule has 0 fully saturated rings. The number of aliphatic hydroxyl groups excluding tert-OH is 4. The van der Waals surface area contributed by atoms with Gasteiger partial charge in [-0.25, -0.2) is 0 Å². The third kappa shape index (κ3) is 12.2. The summed E-state index contributed by atoms with van der Waals surface area (Å²) >= 11 is 19.5. The number of halogens is 3. The molecule has 0 amide bonds. The number of aliphatic hydroxyl groups is 5. The van der Waals surface area contributed by atoms with E-state index in [-0.39, 0.29) is 40.2 Å². The van der Waals surface area contributed by atoms with Gasteiger partial charge in [-0.05, 0) is 158 Å². The second-order valence-corrected chi connectivity index (χ2v) is 22.3. The molecule has 0 aliphatic carbocycles. The molecule has 0 spiro atoms. The van der Waals surface area contributed by atoms with E-state index >= 15 is 0 Å². The Morgan fingerprint density at radius 2 is 1.09 bits per heavy atom. The van der Waals surface area contributed by atoms with Crippen molar-refractivity contribution >= 4 is 67.7 Å². The number of aromatic nitrogens is 2. The number of nitrogens with two attached hydrogens (primary N) is 3. The lowest BCUT2D eigenvalue weighted by Gasteiger charge is -2.52. The second-order valence-electron chi connectivity index (χ2n) is 21.0.